The molecule has 0 bridgehead atoms. The third kappa shape index (κ3) is 3.20. The molecule has 0 saturated carbocycles. The second kappa shape index (κ2) is 6.28. The smallest absolute Gasteiger partial charge is 0.219 e. The number of methoxy groups -OCH3 is 1. The van der Waals surface area contributed by atoms with Gasteiger partial charge < -0.3 is 15.2 Å². The number of ether oxygens (including phenoxy) is 1. The summed E-state index contributed by atoms with van der Waals surface area (Å²) < 4.78 is 5.24. The van der Waals surface area contributed by atoms with Crippen molar-refractivity contribution in [2.24, 2.45) is 0 Å². The number of phenolic OH excluding ortho intramolecular Hbond substituents is 1. The Bertz CT molecular complexity index is 622. The lowest BCUT2D eigenvalue weighted by atomic mass is 10.0. The van der Waals surface area contributed by atoms with Crippen LogP contribution < -0.4 is 10.1 Å². The normalized spacial score (nSPS) is 10.5. The fourth-order valence-corrected chi connectivity index (χ4v) is 2.19. The van der Waals surface area contributed by atoms with Crippen molar-refractivity contribution in [3.8, 4) is 11.5 Å². The van der Waals surface area contributed by atoms with Gasteiger partial charge in [0.1, 0.15) is 11.5 Å². The first-order chi connectivity index (χ1) is 9.63. The van der Waals surface area contributed by atoms with E-state index in [1.165, 1.54) is 0 Å². The van der Waals surface area contributed by atoms with Gasteiger partial charge in [-0.2, -0.15) is 0 Å². The van der Waals surface area contributed by atoms with E-state index in [4.69, 9.17) is 4.74 Å². The van der Waals surface area contributed by atoms with Crippen LogP contribution in [0.25, 0.3) is 10.8 Å². The van der Waals surface area contributed by atoms with Crippen LogP contribution in [-0.4, -0.2) is 24.7 Å². The summed E-state index contributed by atoms with van der Waals surface area (Å²) in [6.07, 6.45) is 1.15. The number of carbonyl (C=O) groups excluding carboxylic acids is 1. The molecule has 2 aromatic carbocycles. The lowest BCUT2D eigenvalue weighted by molar-refractivity contribution is -0.120. The monoisotopic (exact) mass is 273 g/mol. The fraction of sp³-hybridized carbons (Fsp3) is 0.312. The Kier molecular flexibility index (Phi) is 4.45. The van der Waals surface area contributed by atoms with E-state index in [9.17, 15) is 9.90 Å². The Labute approximate surface area is 118 Å². The van der Waals surface area contributed by atoms with E-state index >= 15 is 0 Å². The maximum atomic E-state index is 11.3. The lowest BCUT2D eigenvalue weighted by Gasteiger charge is -2.10. The molecule has 0 unspecified atom stereocenters. The molecule has 4 nitrogen and oxygen atoms in total. The number of phenols is 1. The topological polar surface area (TPSA) is 58.6 Å². The van der Waals surface area contributed by atoms with Crippen molar-refractivity contribution in [2.45, 2.75) is 19.8 Å². The Morgan fingerprint density at radius 1 is 1.30 bits per heavy atom. The molecule has 0 fully saturated rings. The second-order valence-electron chi connectivity index (χ2n) is 4.65. The number of hydrogen-bond acceptors (Lipinski definition) is 3. The molecule has 0 aliphatic heterocycles. The van der Waals surface area contributed by atoms with Crippen LogP contribution in [0.5, 0.6) is 11.5 Å². The van der Waals surface area contributed by atoms with E-state index in [2.05, 4.69) is 5.32 Å². The first kappa shape index (κ1) is 14.2. The zero-order chi connectivity index (χ0) is 14.5. The van der Waals surface area contributed by atoms with Gasteiger partial charge in [0.05, 0.1) is 7.11 Å². The van der Waals surface area contributed by atoms with Crippen LogP contribution in [-0.2, 0) is 11.2 Å². The predicted molar refractivity (Wildman–Crippen MR) is 79.2 cm³/mol. The van der Waals surface area contributed by atoms with Gasteiger partial charge in [0.15, 0.2) is 0 Å². The summed E-state index contributed by atoms with van der Waals surface area (Å²) >= 11 is 0. The summed E-state index contributed by atoms with van der Waals surface area (Å²) in [5, 5.41) is 14.6. The first-order valence-electron chi connectivity index (χ1n) is 6.70. The summed E-state index contributed by atoms with van der Waals surface area (Å²) in [5.41, 5.74) is 0.996. The largest absolute Gasteiger partial charge is 0.508 e. The van der Waals surface area contributed by atoms with Crippen LogP contribution in [0.4, 0.5) is 0 Å². The minimum Gasteiger partial charge on any atom is -0.508 e. The maximum absolute atomic E-state index is 11.3. The summed E-state index contributed by atoms with van der Waals surface area (Å²) in [7, 11) is 1.63. The molecule has 0 heterocycles. The minimum atomic E-state index is 0.0343. The van der Waals surface area contributed by atoms with Gasteiger partial charge in [-0.3, -0.25) is 4.79 Å². The van der Waals surface area contributed by atoms with Crippen molar-refractivity contribution in [3.63, 3.8) is 0 Å². The molecule has 2 aromatic rings. The highest BCUT2D eigenvalue weighted by Gasteiger charge is 2.06. The average Bonchev–Trinajstić information content (AvgIpc) is 2.46. The average molecular weight is 273 g/mol. The summed E-state index contributed by atoms with van der Waals surface area (Å²) in [6, 6.07) is 9.20. The second-order valence-corrected chi connectivity index (χ2v) is 4.65. The molecule has 4 heteroatoms. The number of carbonyl (C=O) groups is 1. The number of rotatable bonds is 5. The molecule has 0 aliphatic rings. The summed E-state index contributed by atoms with van der Waals surface area (Å²) in [4.78, 5) is 11.3. The molecule has 1 amide bonds. The van der Waals surface area contributed by atoms with Crippen LogP contribution in [0.2, 0.25) is 0 Å². The van der Waals surface area contributed by atoms with Gasteiger partial charge in [0.25, 0.3) is 0 Å². The van der Waals surface area contributed by atoms with E-state index in [1.807, 2.05) is 25.1 Å². The molecule has 0 atom stereocenters. The molecule has 2 N–H and O–H groups in total. The van der Waals surface area contributed by atoms with Gasteiger partial charge in [-0.1, -0.05) is 13.0 Å². The molecule has 20 heavy (non-hydrogen) atoms. The molecular formula is C16H19NO3. The van der Waals surface area contributed by atoms with Gasteiger partial charge in [-0.25, -0.2) is 0 Å². The summed E-state index contributed by atoms with van der Waals surface area (Å²) in [6.45, 7) is 2.38. The molecule has 0 spiro atoms. The van der Waals surface area contributed by atoms with Crippen molar-refractivity contribution >= 4 is 16.7 Å². The molecular weight excluding hydrogens is 254 g/mol. The van der Waals surface area contributed by atoms with E-state index < -0.39 is 0 Å². The quantitative estimate of drug-likeness (QED) is 0.880. The van der Waals surface area contributed by atoms with Gasteiger partial charge >= 0.3 is 0 Å². The molecule has 0 radical (unpaired) electrons. The fourth-order valence-electron chi connectivity index (χ4n) is 2.19. The number of aromatic hydroxyl groups is 1. The van der Waals surface area contributed by atoms with E-state index in [0.29, 0.717) is 19.4 Å². The Hall–Kier alpha value is -2.23. The van der Waals surface area contributed by atoms with Crippen molar-refractivity contribution in [1.82, 2.24) is 5.32 Å². The minimum absolute atomic E-state index is 0.0343. The van der Waals surface area contributed by atoms with Gasteiger partial charge in [0, 0.05) is 13.0 Å². The molecule has 2 rings (SSSR count). The van der Waals surface area contributed by atoms with Crippen LogP contribution in [0.1, 0.15) is 18.9 Å². The highest BCUT2D eigenvalue weighted by atomic mass is 16.5. The van der Waals surface area contributed by atoms with Crippen molar-refractivity contribution in [3.05, 3.63) is 35.9 Å². The zero-order valence-corrected chi connectivity index (χ0v) is 11.8. The van der Waals surface area contributed by atoms with Gasteiger partial charge in [-0.05, 0) is 47.0 Å². The van der Waals surface area contributed by atoms with Gasteiger partial charge in [-0.15, -0.1) is 0 Å². The number of amides is 1. The number of hydrogen-bond donors (Lipinski definition) is 2. The van der Waals surface area contributed by atoms with E-state index in [-0.39, 0.29) is 11.7 Å². The Balaban J connectivity index is 2.28. The van der Waals surface area contributed by atoms with Crippen LogP contribution in [0, 0.1) is 0 Å². The van der Waals surface area contributed by atoms with Crippen molar-refractivity contribution in [2.75, 3.05) is 13.7 Å². The molecule has 0 saturated heterocycles. The zero-order valence-electron chi connectivity index (χ0n) is 11.8. The van der Waals surface area contributed by atoms with Crippen LogP contribution in [0.15, 0.2) is 30.3 Å². The van der Waals surface area contributed by atoms with Crippen molar-refractivity contribution in [1.29, 1.82) is 0 Å². The third-order valence-corrected chi connectivity index (χ3v) is 3.27. The van der Waals surface area contributed by atoms with E-state index in [1.54, 1.807) is 19.2 Å². The number of nitrogens with one attached hydrogen (secondary N) is 1. The molecule has 0 aliphatic carbocycles. The predicted octanol–water partition coefficient (Wildman–Crippen LogP) is 2.62. The summed E-state index contributed by atoms with van der Waals surface area (Å²) in [5.74, 6) is 1.05. The highest BCUT2D eigenvalue weighted by Crippen LogP contribution is 2.28. The number of benzene rings is 2. The Morgan fingerprint density at radius 3 is 2.80 bits per heavy atom. The standard InChI is InChI=1S/C16H19NO3/c1-3-16(19)17-7-6-12-9-13(18)8-11-4-5-14(20-2)10-15(11)12/h4-5,8-10,18H,3,6-7H2,1-2H3,(H,17,19). The lowest BCUT2D eigenvalue weighted by Crippen LogP contribution is -2.24. The molecule has 0 aromatic heterocycles. The van der Waals surface area contributed by atoms with Crippen LogP contribution >= 0.6 is 0 Å². The molecule has 106 valence electrons. The SMILES string of the molecule is CCC(=O)NCCc1cc(O)cc2ccc(OC)cc12. The van der Waals surface area contributed by atoms with Crippen LogP contribution in [0.3, 0.4) is 0 Å². The maximum Gasteiger partial charge on any atom is 0.219 e. The first-order valence-corrected chi connectivity index (χ1v) is 6.70. The van der Waals surface area contributed by atoms with E-state index in [0.717, 1.165) is 22.1 Å². The highest BCUT2D eigenvalue weighted by molar-refractivity contribution is 5.88. The van der Waals surface area contributed by atoms with Crippen molar-refractivity contribution < 1.29 is 14.6 Å². The number of fused-ring (bicyclic) bond motifs is 1. The third-order valence-electron chi connectivity index (χ3n) is 3.27. The Morgan fingerprint density at radius 2 is 2.10 bits per heavy atom. The van der Waals surface area contributed by atoms with Gasteiger partial charge in [0.2, 0.25) is 5.91 Å².